The number of benzene rings is 1. The van der Waals surface area contributed by atoms with Gasteiger partial charge in [0, 0.05) is 33.2 Å². The highest BCUT2D eigenvalue weighted by Gasteiger charge is 2.26. The van der Waals surface area contributed by atoms with E-state index in [1.165, 1.54) is 36.6 Å². The summed E-state index contributed by atoms with van der Waals surface area (Å²) in [5.41, 5.74) is 1.56. The average Bonchev–Trinajstić information content (AvgIpc) is 3.12. The Morgan fingerprint density at radius 1 is 1.26 bits per heavy atom. The normalized spacial score (nSPS) is 17.6. The molecule has 172 valence electrons. The van der Waals surface area contributed by atoms with E-state index in [2.05, 4.69) is 18.4 Å². The second kappa shape index (κ2) is 10.4. The molecule has 7 nitrogen and oxygen atoms in total. The van der Waals surface area contributed by atoms with Crippen molar-refractivity contribution in [2.45, 2.75) is 75.0 Å². The summed E-state index contributed by atoms with van der Waals surface area (Å²) in [5, 5.41) is 0.779. The summed E-state index contributed by atoms with van der Waals surface area (Å²) in [5.74, 6) is 0.524. The van der Waals surface area contributed by atoms with Crippen LogP contribution < -0.4 is 0 Å². The molecule has 0 N–H and O–H groups in total. The van der Waals surface area contributed by atoms with Gasteiger partial charge in [-0.2, -0.15) is 0 Å². The van der Waals surface area contributed by atoms with Crippen LogP contribution in [0.25, 0.3) is 11.0 Å². The molecule has 1 saturated heterocycles. The second-order valence-corrected chi connectivity index (χ2v) is 11.4. The fourth-order valence-electron chi connectivity index (χ4n) is 4.06. The van der Waals surface area contributed by atoms with E-state index in [-0.39, 0.29) is 10.8 Å². The van der Waals surface area contributed by atoms with Crippen LogP contribution in [0, 0.1) is 0 Å². The molecule has 2 heterocycles. The van der Waals surface area contributed by atoms with Crippen molar-refractivity contribution in [2.75, 3.05) is 26.4 Å². The smallest absolute Gasteiger partial charge is 0.242 e. The van der Waals surface area contributed by atoms with Crippen LogP contribution in [0.5, 0.6) is 0 Å². The van der Waals surface area contributed by atoms with Gasteiger partial charge in [0.1, 0.15) is 0 Å². The van der Waals surface area contributed by atoms with Crippen molar-refractivity contribution >= 4 is 38.7 Å². The number of aryl methyl sites for hydroxylation is 1. The summed E-state index contributed by atoms with van der Waals surface area (Å²) in [6.45, 7) is 5.92. The maximum Gasteiger partial charge on any atom is 0.242 e. The van der Waals surface area contributed by atoms with Crippen LogP contribution in [0.2, 0.25) is 0 Å². The zero-order valence-corrected chi connectivity index (χ0v) is 20.6. The lowest BCUT2D eigenvalue weighted by Gasteiger charge is -2.35. The summed E-state index contributed by atoms with van der Waals surface area (Å²) in [6.07, 6.45) is 6.39. The summed E-state index contributed by atoms with van der Waals surface area (Å²) in [4.78, 5) is 19.9. The van der Waals surface area contributed by atoms with Gasteiger partial charge in [0.2, 0.25) is 15.9 Å². The topological polar surface area (TPSA) is 75.5 Å². The van der Waals surface area contributed by atoms with E-state index in [0.29, 0.717) is 17.3 Å². The van der Waals surface area contributed by atoms with Crippen molar-refractivity contribution in [1.82, 2.24) is 18.8 Å². The lowest BCUT2D eigenvalue weighted by molar-refractivity contribution is -0.132. The number of imidazole rings is 1. The number of piperidine rings is 1. The van der Waals surface area contributed by atoms with Gasteiger partial charge in [-0.05, 0) is 50.3 Å². The lowest BCUT2D eigenvalue weighted by Crippen LogP contribution is -2.44. The maximum atomic E-state index is 12.9. The number of sulfonamides is 1. The summed E-state index contributed by atoms with van der Waals surface area (Å²) in [7, 11) is -0.473. The molecule has 1 aromatic carbocycles. The number of carbonyl (C=O) groups is 1. The molecule has 0 bridgehead atoms. The summed E-state index contributed by atoms with van der Waals surface area (Å²) < 4.78 is 28.4. The third-order valence-corrected chi connectivity index (χ3v) is 8.71. The number of thioether (sulfide) groups is 1. The van der Waals surface area contributed by atoms with E-state index < -0.39 is 10.0 Å². The molecular weight excluding hydrogens is 432 g/mol. The van der Waals surface area contributed by atoms with Crippen LogP contribution in [0.1, 0.15) is 52.4 Å². The molecule has 1 aliphatic rings. The van der Waals surface area contributed by atoms with Crippen molar-refractivity contribution in [3.63, 3.8) is 0 Å². The van der Waals surface area contributed by atoms with Gasteiger partial charge >= 0.3 is 0 Å². The first-order valence-corrected chi connectivity index (χ1v) is 13.6. The monoisotopic (exact) mass is 466 g/mol. The summed E-state index contributed by atoms with van der Waals surface area (Å²) >= 11 is 1.46. The van der Waals surface area contributed by atoms with Crippen LogP contribution in [-0.2, 0) is 21.4 Å². The highest BCUT2D eigenvalue weighted by Crippen LogP contribution is 2.28. The minimum Gasteiger partial charge on any atom is -0.339 e. The number of unbranched alkanes of at least 4 members (excludes halogenated alkanes) is 1. The molecule has 0 unspecified atom stereocenters. The Morgan fingerprint density at radius 2 is 2.03 bits per heavy atom. The number of rotatable bonds is 9. The van der Waals surface area contributed by atoms with Gasteiger partial charge in [-0.3, -0.25) is 4.79 Å². The van der Waals surface area contributed by atoms with E-state index in [0.717, 1.165) is 55.9 Å². The molecule has 9 heteroatoms. The van der Waals surface area contributed by atoms with Crippen LogP contribution >= 0.6 is 11.8 Å². The van der Waals surface area contributed by atoms with Crippen molar-refractivity contribution in [3.05, 3.63) is 18.2 Å². The molecule has 1 fully saturated rings. The third kappa shape index (κ3) is 5.26. The second-order valence-electron chi connectivity index (χ2n) is 8.27. The lowest BCUT2D eigenvalue weighted by atomic mass is 10.0. The molecular formula is C22H34N4O3S2. The SMILES string of the molecule is CCCCn1c(SCC(=O)N2CCCC[C@H]2CC)nc2cc(S(=O)(=O)N(C)C)ccc21. The molecule has 0 spiro atoms. The van der Waals surface area contributed by atoms with Crippen LogP contribution in [0.3, 0.4) is 0 Å². The van der Waals surface area contributed by atoms with E-state index in [4.69, 9.17) is 4.98 Å². The Hall–Kier alpha value is -1.58. The number of aromatic nitrogens is 2. The predicted molar refractivity (Wildman–Crippen MR) is 126 cm³/mol. The predicted octanol–water partition coefficient (Wildman–Crippen LogP) is 3.97. The number of hydrogen-bond donors (Lipinski definition) is 0. The zero-order valence-electron chi connectivity index (χ0n) is 19.0. The molecule has 0 aliphatic carbocycles. The standard InChI is InChI=1S/C22H34N4O3S2/c1-5-7-13-26-20-12-11-18(31(28,29)24(3)4)15-19(20)23-22(26)30-16-21(27)25-14-9-8-10-17(25)6-2/h11-12,15,17H,5-10,13-14,16H2,1-4H3/t17-/m1/s1. The maximum absolute atomic E-state index is 12.9. The fourth-order valence-corrected chi connectivity index (χ4v) is 5.91. The minimum absolute atomic E-state index is 0.168. The molecule has 0 radical (unpaired) electrons. The first-order valence-electron chi connectivity index (χ1n) is 11.1. The zero-order chi connectivity index (χ0) is 22.6. The number of likely N-dealkylation sites (tertiary alicyclic amines) is 1. The van der Waals surface area contributed by atoms with Gasteiger partial charge in [-0.15, -0.1) is 0 Å². The highest BCUT2D eigenvalue weighted by molar-refractivity contribution is 7.99. The van der Waals surface area contributed by atoms with Gasteiger partial charge < -0.3 is 9.47 Å². The molecule has 1 aromatic heterocycles. The van der Waals surface area contributed by atoms with E-state index in [9.17, 15) is 13.2 Å². The van der Waals surface area contributed by atoms with Gasteiger partial charge in [-0.1, -0.05) is 32.0 Å². The number of fused-ring (bicyclic) bond motifs is 1. The Labute approximate surface area is 190 Å². The minimum atomic E-state index is -3.52. The number of amides is 1. The Kier molecular flexibility index (Phi) is 8.04. The Balaban J connectivity index is 1.86. The number of carbonyl (C=O) groups excluding carboxylic acids is 1. The Morgan fingerprint density at radius 3 is 2.71 bits per heavy atom. The van der Waals surface area contributed by atoms with Crippen molar-refractivity contribution in [1.29, 1.82) is 0 Å². The highest BCUT2D eigenvalue weighted by atomic mass is 32.2. The van der Waals surface area contributed by atoms with Crippen LogP contribution in [0.15, 0.2) is 28.3 Å². The van der Waals surface area contributed by atoms with Crippen LogP contribution in [-0.4, -0.2) is 65.5 Å². The van der Waals surface area contributed by atoms with Crippen molar-refractivity contribution < 1.29 is 13.2 Å². The van der Waals surface area contributed by atoms with Crippen molar-refractivity contribution in [3.8, 4) is 0 Å². The van der Waals surface area contributed by atoms with Gasteiger partial charge in [-0.25, -0.2) is 17.7 Å². The molecule has 2 aromatic rings. The van der Waals surface area contributed by atoms with E-state index >= 15 is 0 Å². The molecule has 31 heavy (non-hydrogen) atoms. The molecule has 1 amide bonds. The van der Waals surface area contributed by atoms with Crippen molar-refractivity contribution in [2.24, 2.45) is 0 Å². The summed E-state index contributed by atoms with van der Waals surface area (Å²) in [6, 6.07) is 5.45. The van der Waals surface area contributed by atoms with E-state index in [1.807, 2.05) is 11.0 Å². The fraction of sp³-hybridized carbons (Fsp3) is 0.636. The first kappa shape index (κ1) is 24.1. The number of nitrogens with zero attached hydrogens (tertiary/aromatic N) is 4. The first-order chi connectivity index (χ1) is 14.8. The Bertz CT molecular complexity index is 1020. The molecule has 1 aliphatic heterocycles. The van der Waals surface area contributed by atoms with Gasteiger partial charge in [0.05, 0.1) is 21.7 Å². The average molecular weight is 467 g/mol. The van der Waals surface area contributed by atoms with Gasteiger partial charge in [0.15, 0.2) is 5.16 Å². The largest absolute Gasteiger partial charge is 0.339 e. The molecule has 0 saturated carbocycles. The quantitative estimate of drug-likeness (QED) is 0.523. The molecule has 3 rings (SSSR count). The third-order valence-electron chi connectivity index (χ3n) is 5.94. The van der Waals surface area contributed by atoms with Crippen LogP contribution in [0.4, 0.5) is 0 Å². The molecule has 1 atom stereocenters. The number of hydrogen-bond acceptors (Lipinski definition) is 5. The van der Waals surface area contributed by atoms with E-state index in [1.54, 1.807) is 12.1 Å². The van der Waals surface area contributed by atoms with Gasteiger partial charge in [0.25, 0.3) is 0 Å².